The Morgan fingerprint density at radius 1 is 1.10 bits per heavy atom. The summed E-state index contributed by atoms with van der Waals surface area (Å²) in [4.78, 5) is 19.1. The molecule has 156 valence electrons. The number of piperazine rings is 1. The molecule has 0 saturated carbocycles. The van der Waals surface area contributed by atoms with Crippen LogP contribution in [0.4, 0.5) is 16.2 Å². The fraction of sp³-hybridized carbons (Fsp3) is 0.435. The van der Waals surface area contributed by atoms with E-state index in [-0.39, 0.29) is 6.03 Å². The number of amides is 2. The lowest BCUT2D eigenvalue weighted by atomic mass is 10.1. The first-order valence-electron chi connectivity index (χ1n) is 10.2. The number of hydrogen-bond donors (Lipinski definition) is 1. The van der Waals surface area contributed by atoms with E-state index >= 15 is 0 Å². The highest BCUT2D eigenvalue weighted by atomic mass is 16.5. The number of anilines is 2. The van der Waals surface area contributed by atoms with Crippen molar-refractivity contribution in [2.24, 2.45) is 0 Å². The number of likely N-dealkylation sites (N-methyl/N-ethyl adjacent to an activating group) is 1. The van der Waals surface area contributed by atoms with Crippen LogP contribution in [0, 0.1) is 6.92 Å². The third-order valence-electron chi connectivity index (χ3n) is 5.32. The van der Waals surface area contributed by atoms with Gasteiger partial charge in [0.05, 0.1) is 6.61 Å². The largest absolute Gasteiger partial charge is 0.494 e. The molecular formula is C23H32N4O2. The zero-order chi connectivity index (χ0) is 20.8. The van der Waals surface area contributed by atoms with Crippen molar-refractivity contribution in [2.45, 2.75) is 20.4 Å². The van der Waals surface area contributed by atoms with Crippen molar-refractivity contribution in [2.75, 3.05) is 57.1 Å². The monoisotopic (exact) mass is 396 g/mol. The highest BCUT2D eigenvalue weighted by Gasteiger charge is 2.16. The number of nitrogens with zero attached hydrogens (tertiary/aromatic N) is 3. The topological polar surface area (TPSA) is 48.1 Å². The summed E-state index contributed by atoms with van der Waals surface area (Å²) < 4.78 is 5.47. The fourth-order valence-electron chi connectivity index (χ4n) is 3.46. The number of rotatable bonds is 6. The summed E-state index contributed by atoms with van der Waals surface area (Å²) in [5.74, 6) is 0.847. The Labute approximate surface area is 174 Å². The zero-order valence-electron chi connectivity index (χ0n) is 17.9. The Balaban J connectivity index is 1.57. The van der Waals surface area contributed by atoms with E-state index < -0.39 is 0 Å². The summed E-state index contributed by atoms with van der Waals surface area (Å²) in [7, 11) is 3.96. The van der Waals surface area contributed by atoms with Gasteiger partial charge in [-0.3, -0.25) is 0 Å². The van der Waals surface area contributed by atoms with E-state index in [4.69, 9.17) is 4.74 Å². The quantitative estimate of drug-likeness (QED) is 0.807. The summed E-state index contributed by atoms with van der Waals surface area (Å²) in [6.07, 6.45) is 0. The predicted molar refractivity (Wildman–Crippen MR) is 119 cm³/mol. The summed E-state index contributed by atoms with van der Waals surface area (Å²) in [6.45, 7) is 9.42. The minimum Gasteiger partial charge on any atom is -0.494 e. The number of ether oxygens (including phenoxy) is 1. The molecule has 0 bridgehead atoms. The Kier molecular flexibility index (Phi) is 6.99. The van der Waals surface area contributed by atoms with Crippen LogP contribution < -0.4 is 15.0 Å². The molecule has 0 atom stereocenters. The maximum Gasteiger partial charge on any atom is 0.321 e. The molecule has 0 spiro atoms. The first-order chi connectivity index (χ1) is 14.0. The van der Waals surface area contributed by atoms with Gasteiger partial charge in [0.1, 0.15) is 5.75 Å². The molecule has 1 heterocycles. The summed E-state index contributed by atoms with van der Waals surface area (Å²) >= 11 is 0. The molecule has 1 aliphatic heterocycles. The number of urea groups is 1. The van der Waals surface area contributed by atoms with Gasteiger partial charge in [-0.1, -0.05) is 12.1 Å². The van der Waals surface area contributed by atoms with Gasteiger partial charge < -0.3 is 24.8 Å². The van der Waals surface area contributed by atoms with Crippen molar-refractivity contribution < 1.29 is 9.53 Å². The minimum atomic E-state index is -0.116. The lowest BCUT2D eigenvalue weighted by Gasteiger charge is -2.34. The Morgan fingerprint density at radius 3 is 2.41 bits per heavy atom. The van der Waals surface area contributed by atoms with Crippen LogP contribution in [-0.2, 0) is 6.54 Å². The van der Waals surface area contributed by atoms with E-state index in [2.05, 4.69) is 34.3 Å². The predicted octanol–water partition coefficient (Wildman–Crippen LogP) is 3.81. The number of carbonyl (C=O) groups is 1. The van der Waals surface area contributed by atoms with Crippen LogP contribution in [0.5, 0.6) is 5.75 Å². The minimum absolute atomic E-state index is 0.116. The van der Waals surface area contributed by atoms with Crippen LogP contribution in [0.3, 0.4) is 0 Å². The highest BCUT2D eigenvalue weighted by Crippen LogP contribution is 2.24. The van der Waals surface area contributed by atoms with Crippen molar-refractivity contribution in [3.8, 4) is 5.75 Å². The van der Waals surface area contributed by atoms with Gasteiger partial charge in [-0.25, -0.2) is 4.79 Å². The number of nitrogens with one attached hydrogen (secondary N) is 1. The number of hydrogen-bond acceptors (Lipinski definition) is 4. The van der Waals surface area contributed by atoms with Crippen LogP contribution in [0.15, 0.2) is 42.5 Å². The molecule has 1 N–H and O–H groups in total. The van der Waals surface area contributed by atoms with E-state index in [1.165, 1.54) is 5.69 Å². The van der Waals surface area contributed by atoms with Crippen molar-refractivity contribution >= 4 is 17.4 Å². The molecule has 0 aromatic heterocycles. The van der Waals surface area contributed by atoms with Crippen LogP contribution in [0.25, 0.3) is 0 Å². The van der Waals surface area contributed by atoms with Gasteiger partial charge in [0.15, 0.2) is 0 Å². The van der Waals surface area contributed by atoms with Gasteiger partial charge in [-0.05, 0) is 62.4 Å². The summed E-state index contributed by atoms with van der Waals surface area (Å²) in [5, 5.41) is 3.03. The maximum absolute atomic E-state index is 12.6. The Hall–Kier alpha value is -2.73. The molecule has 2 aromatic rings. The third-order valence-corrected chi connectivity index (χ3v) is 5.32. The van der Waals surface area contributed by atoms with Crippen molar-refractivity contribution in [1.29, 1.82) is 0 Å². The van der Waals surface area contributed by atoms with E-state index in [0.29, 0.717) is 13.2 Å². The molecule has 2 amide bonds. The van der Waals surface area contributed by atoms with Crippen molar-refractivity contribution in [1.82, 2.24) is 9.80 Å². The number of benzene rings is 2. The second-order valence-electron chi connectivity index (χ2n) is 7.65. The smallest absolute Gasteiger partial charge is 0.321 e. The van der Waals surface area contributed by atoms with Crippen LogP contribution in [-0.4, -0.2) is 62.7 Å². The van der Waals surface area contributed by atoms with Gasteiger partial charge in [-0.15, -0.1) is 0 Å². The Morgan fingerprint density at radius 2 is 1.79 bits per heavy atom. The van der Waals surface area contributed by atoms with E-state index in [0.717, 1.165) is 48.7 Å². The van der Waals surface area contributed by atoms with Crippen molar-refractivity contribution in [3.05, 3.63) is 53.6 Å². The standard InChI is InChI=1S/C23H32N4O2/c1-5-29-21-9-6-19(7-10-21)17-26(4)23(28)24-22-11-8-20(16-18(22)2)27-14-12-25(3)13-15-27/h6-11,16H,5,12-15,17H2,1-4H3,(H,24,28). The van der Waals surface area contributed by atoms with Gasteiger partial charge in [0, 0.05) is 51.1 Å². The second kappa shape index (κ2) is 9.65. The lowest BCUT2D eigenvalue weighted by Crippen LogP contribution is -2.44. The third kappa shape index (κ3) is 5.64. The average molecular weight is 397 g/mol. The summed E-state index contributed by atoms with van der Waals surface area (Å²) in [5.41, 5.74) is 4.21. The van der Waals surface area contributed by atoms with Gasteiger partial charge in [0.25, 0.3) is 0 Å². The zero-order valence-corrected chi connectivity index (χ0v) is 17.9. The maximum atomic E-state index is 12.6. The molecule has 6 heteroatoms. The van der Waals surface area contributed by atoms with Gasteiger partial charge in [0.2, 0.25) is 0 Å². The molecule has 0 aliphatic carbocycles. The fourth-order valence-corrected chi connectivity index (χ4v) is 3.46. The Bertz CT molecular complexity index is 814. The molecule has 29 heavy (non-hydrogen) atoms. The van der Waals surface area contributed by atoms with Gasteiger partial charge in [-0.2, -0.15) is 0 Å². The second-order valence-corrected chi connectivity index (χ2v) is 7.65. The molecular weight excluding hydrogens is 364 g/mol. The average Bonchev–Trinajstić information content (AvgIpc) is 2.71. The highest BCUT2D eigenvalue weighted by molar-refractivity contribution is 5.90. The van der Waals surface area contributed by atoms with Gasteiger partial charge >= 0.3 is 6.03 Å². The summed E-state index contributed by atoms with van der Waals surface area (Å²) in [6, 6.07) is 14.0. The first-order valence-corrected chi connectivity index (χ1v) is 10.2. The molecule has 2 aromatic carbocycles. The number of carbonyl (C=O) groups excluding carboxylic acids is 1. The molecule has 6 nitrogen and oxygen atoms in total. The lowest BCUT2D eigenvalue weighted by molar-refractivity contribution is 0.220. The molecule has 0 radical (unpaired) electrons. The first kappa shape index (κ1) is 21.0. The van der Waals surface area contributed by atoms with Crippen LogP contribution in [0.1, 0.15) is 18.1 Å². The van der Waals surface area contributed by atoms with E-state index in [1.807, 2.05) is 44.2 Å². The number of aryl methyl sites for hydroxylation is 1. The molecule has 3 rings (SSSR count). The molecule has 0 unspecified atom stereocenters. The SMILES string of the molecule is CCOc1ccc(CN(C)C(=O)Nc2ccc(N3CCN(C)CC3)cc2C)cc1. The van der Waals surface area contributed by atoms with Crippen molar-refractivity contribution in [3.63, 3.8) is 0 Å². The van der Waals surface area contributed by atoms with Crippen LogP contribution in [0.2, 0.25) is 0 Å². The van der Waals surface area contributed by atoms with Crippen LogP contribution >= 0.6 is 0 Å². The molecule has 1 saturated heterocycles. The normalized spacial score (nSPS) is 14.6. The van der Waals surface area contributed by atoms with E-state index in [9.17, 15) is 4.79 Å². The molecule has 1 fully saturated rings. The van der Waals surface area contributed by atoms with E-state index in [1.54, 1.807) is 11.9 Å². The molecule has 1 aliphatic rings.